The summed E-state index contributed by atoms with van der Waals surface area (Å²) in [5.74, 6) is 0.154. The Morgan fingerprint density at radius 2 is 2.27 bits per heavy atom. The smallest absolute Gasteiger partial charge is 0.163 e. The van der Waals surface area contributed by atoms with Gasteiger partial charge in [-0.25, -0.2) is 0 Å². The van der Waals surface area contributed by atoms with Crippen molar-refractivity contribution in [3.05, 3.63) is 47.0 Å². The second kappa shape index (κ2) is 5.72. The van der Waals surface area contributed by atoms with Crippen molar-refractivity contribution in [2.24, 2.45) is 0 Å². The molecule has 0 atom stereocenters. The summed E-state index contributed by atoms with van der Waals surface area (Å²) >= 11 is 5.98. The molecule has 0 bridgehead atoms. The molecule has 0 saturated heterocycles. The van der Waals surface area contributed by atoms with E-state index in [2.05, 4.69) is 6.58 Å². The first-order valence-electron chi connectivity index (χ1n) is 5.11. The van der Waals surface area contributed by atoms with Gasteiger partial charge in [-0.15, -0.1) is 6.58 Å². The maximum Gasteiger partial charge on any atom is 0.163 e. The van der Waals surface area contributed by atoms with Crippen molar-refractivity contribution < 1.29 is 4.79 Å². The predicted molar refractivity (Wildman–Crippen MR) is 64.6 cm³/mol. The van der Waals surface area contributed by atoms with Crippen molar-refractivity contribution >= 4 is 17.4 Å². The highest BCUT2D eigenvalue weighted by atomic mass is 35.5. The van der Waals surface area contributed by atoms with Gasteiger partial charge in [-0.3, -0.25) is 4.79 Å². The lowest BCUT2D eigenvalue weighted by Gasteiger charge is -2.04. The van der Waals surface area contributed by atoms with Crippen molar-refractivity contribution in [1.82, 2.24) is 0 Å². The minimum absolute atomic E-state index is 0.154. The van der Waals surface area contributed by atoms with Gasteiger partial charge < -0.3 is 0 Å². The maximum atomic E-state index is 11.7. The van der Waals surface area contributed by atoms with E-state index in [-0.39, 0.29) is 5.78 Å². The first kappa shape index (κ1) is 12.0. The molecule has 0 spiro atoms. The van der Waals surface area contributed by atoms with Crippen LogP contribution in [0.1, 0.15) is 35.7 Å². The van der Waals surface area contributed by atoms with Crippen LogP contribution in [0.15, 0.2) is 30.9 Å². The number of carbonyl (C=O) groups excluding carboxylic acids is 1. The fourth-order valence-electron chi connectivity index (χ4n) is 1.40. The number of hydrogen-bond acceptors (Lipinski definition) is 1. The zero-order valence-electron chi connectivity index (χ0n) is 8.92. The van der Waals surface area contributed by atoms with Gasteiger partial charge in [0.15, 0.2) is 5.78 Å². The van der Waals surface area contributed by atoms with Crippen LogP contribution in [0.25, 0.3) is 0 Å². The third-order valence-electron chi connectivity index (χ3n) is 2.32. The summed E-state index contributed by atoms with van der Waals surface area (Å²) in [6, 6.07) is 5.46. The largest absolute Gasteiger partial charge is 0.294 e. The number of rotatable bonds is 5. The molecule has 0 aromatic heterocycles. The molecule has 0 unspecified atom stereocenters. The highest BCUT2D eigenvalue weighted by molar-refractivity contribution is 6.31. The molecule has 1 aromatic rings. The average molecular weight is 223 g/mol. The molecule has 0 radical (unpaired) electrons. The van der Waals surface area contributed by atoms with E-state index in [9.17, 15) is 4.79 Å². The molecule has 0 fully saturated rings. The standard InChI is InChI=1S/C13H15ClO/c1-3-5-6-13(15)11-7-8-12(14)10(4-2)9-11/h3,7-9H,1,4-6H2,2H3. The molecule has 0 aliphatic heterocycles. The summed E-state index contributed by atoms with van der Waals surface area (Å²) in [6.07, 6.45) is 3.85. The zero-order chi connectivity index (χ0) is 11.3. The number of hydrogen-bond donors (Lipinski definition) is 0. The molecule has 2 heteroatoms. The van der Waals surface area contributed by atoms with E-state index in [1.54, 1.807) is 18.2 Å². The molecule has 1 aromatic carbocycles. The highest BCUT2D eigenvalue weighted by Gasteiger charge is 2.07. The van der Waals surface area contributed by atoms with E-state index in [0.29, 0.717) is 6.42 Å². The monoisotopic (exact) mass is 222 g/mol. The van der Waals surface area contributed by atoms with Crippen LogP contribution in [-0.2, 0) is 6.42 Å². The predicted octanol–water partition coefficient (Wildman–Crippen LogP) is 4.05. The van der Waals surface area contributed by atoms with Crippen molar-refractivity contribution in [2.45, 2.75) is 26.2 Å². The number of halogens is 1. The number of Topliss-reactive ketones (excluding diaryl/α,β-unsaturated/α-hetero) is 1. The molecule has 0 aliphatic rings. The van der Waals surface area contributed by atoms with Gasteiger partial charge in [0.05, 0.1) is 0 Å². The highest BCUT2D eigenvalue weighted by Crippen LogP contribution is 2.19. The molecule has 80 valence electrons. The van der Waals surface area contributed by atoms with Gasteiger partial charge >= 0.3 is 0 Å². The van der Waals surface area contributed by atoms with E-state index in [1.165, 1.54) is 0 Å². The number of ketones is 1. The minimum Gasteiger partial charge on any atom is -0.294 e. The van der Waals surface area contributed by atoms with Gasteiger partial charge in [0, 0.05) is 17.0 Å². The minimum atomic E-state index is 0.154. The first-order chi connectivity index (χ1) is 7.19. The van der Waals surface area contributed by atoms with Crippen LogP contribution < -0.4 is 0 Å². The number of carbonyl (C=O) groups is 1. The third-order valence-corrected chi connectivity index (χ3v) is 2.69. The number of allylic oxidation sites excluding steroid dienone is 1. The lowest BCUT2D eigenvalue weighted by molar-refractivity contribution is 0.0983. The SMILES string of the molecule is C=CCCC(=O)c1ccc(Cl)c(CC)c1. The van der Waals surface area contributed by atoms with Gasteiger partial charge in [0.25, 0.3) is 0 Å². The summed E-state index contributed by atoms with van der Waals surface area (Å²) in [5, 5.41) is 0.734. The van der Waals surface area contributed by atoms with E-state index in [4.69, 9.17) is 11.6 Å². The Labute approximate surface area is 95.8 Å². The van der Waals surface area contributed by atoms with Gasteiger partial charge in [-0.2, -0.15) is 0 Å². The van der Waals surface area contributed by atoms with E-state index in [0.717, 1.165) is 29.0 Å². The second-order valence-corrected chi connectivity index (χ2v) is 3.82. The Morgan fingerprint density at radius 1 is 1.53 bits per heavy atom. The van der Waals surface area contributed by atoms with Crippen LogP contribution in [0.2, 0.25) is 5.02 Å². The average Bonchev–Trinajstić information content (AvgIpc) is 2.26. The summed E-state index contributed by atoms with van der Waals surface area (Å²) < 4.78 is 0. The Kier molecular flexibility index (Phi) is 4.57. The molecule has 0 N–H and O–H groups in total. The molecule has 15 heavy (non-hydrogen) atoms. The fourth-order valence-corrected chi connectivity index (χ4v) is 1.65. The Balaban J connectivity index is 2.85. The number of aryl methyl sites for hydroxylation is 1. The third kappa shape index (κ3) is 3.21. The Morgan fingerprint density at radius 3 is 2.87 bits per heavy atom. The van der Waals surface area contributed by atoms with E-state index in [1.807, 2.05) is 13.0 Å². The molecule has 0 heterocycles. The van der Waals surface area contributed by atoms with Crippen LogP contribution in [-0.4, -0.2) is 5.78 Å². The van der Waals surface area contributed by atoms with Crippen LogP contribution in [0.5, 0.6) is 0 Å². The quantitative estimate of drug-likeness (QED) is 0.543. The lowest BCUT2D eigenvalue weighted by Crippen LogP contribution is -1.99. The maximum absolute atomic E-state index is 11.7. The summed E-state index contributed by atoms with van der Waals surface area (Å²) in [4.78, 5) is 11.7. The number of benzene rings is 1. The van der Waals surface area contributed by atoms with Crippen LogP contribution in [0, 0.1) is 0 Å². The van der Waals surface area contributed by atoms with Crippen molar-refractivity contribution in [3.8, 4) is 0 Å². The molecule has 1 nitrogen and oxygen atoms in total. The van der Waals surface area contributed by atoms with Gasteiger partial charge in [-0.05, 0) is 36.6 Å². The topological polar surface area (TPSA) is 17.1 Å². The normalized spacial score (nSPS) is 10.0. The molecule has 0 saturated carbocycles. The van der Waals surface area contributed by atoms with Crippen molar-refractivity contribution in [3.63, 3.8) is 0 Å². The summed E-state index contributed by atoms with van der Waals surface area (Å²) in [7, 11) is 0. The second-order valence-electron chi connectivity index (χ2n) is 3.41. The summed E-state index contributed by atoms with van der Waals surface area (Å²) in [5.41, 5.74) is 1.78. The van der Waals surface area contributed by atoms with Gasteiger partial charge in [0.1, 0.15) is 0 Å². The molecule has 0 aliphatic carbocycles. The lowest BCUT2D eigenvalue weighted by atomic mass is 10.0. The van der Waals surface area contributed by atoms with Crippen molar-refractivity contribution in [1.29, 1.82) is 0 Å². The zero-order valence-corrected chi connectivity index (χ0v) is 9.68. The van der Waals surface area contributed by atoms with E-state index >= 15 is 0 Å². The van der Waals surface area contributed by atoms with Crippen LogP contribution in [0.3, 0.4) is 0 Å². The van der Waals surface area contributed by atoms with Gasteiger partial charge in [-0.1, -0.05) is 24.6 Å². The fraction of sp³-hybridized carbons (Fsp3) is 0.308. The summed E-state index contributed by atoms with van der Waals surface area (Å²) in [6.45, 7) is 5.63. The molecule has 0 amide bonds. The molecular weight excluding hydrogens is 208 g/mol. The van der Waals surface area contributed by atoms with Crippen molar-refractivity contribution in [2.75, 3.05) is 0 Å². The van der Waals surface area contributed by atoms with E-state index < -0.39 is 0 Å². The Bertz CT molecular complexity index is 369. The molecule has 1 rings (SSSR count). The van der Waals surface area contributed by atoms with Crippen LogP contribution >= 0.6 is 11.6 Å². The molecular formula is C13H15ClO. The first-order valence-corrected chi connectivity index (χ1v) is 5.49. The van der Waals surface area contributed by atoms with Gasteiger partial charge in [0.2, 0.25) is 0 Å². The Hall–Kier alpha value is -1.08. The van der Waals surface area contributed by atoms with Crippen LogP contribution in [0.4, 0.5) is 0 Å².